The Morgan fingerprint density at radius 3 is 2.48 bits per heavy atom. The molecule has 4 atom stereocenters. The fraction of sp³-hybridized carbons (Fsp3) is 0.344. The normalized spacial score (nSPS) is 27.9. The van der Waals surface area contributed by atoms with Gasteiger partial charge in [-0.3, -0.25) is 19.3 Å². The second kappa shape index (κ2) is 8.41. The zero-order chi connectivity index (χ0) is 28.0. The molecule has 2 N–H and O–H groups in total. The van der Waals surface area contributed by atoms with E-state index in [9.17, 15) is 14.4 Å². The van der Waals surface area contributed by atoms with Crippen LogP contribution in [0.4, 0.5) is 11.4 Å². The van der Waals surface area contributed by atoms with E-state index >= 15 is 0 Å². The highest BCUT2D eigenvalue weighted by molar-refractivity contribution is 6.21. The molecular weight excluding hydrogens is 506 g/mol. The molecule has 4 aliphatic heterocycles. The average Bonchev–Trinajstić information content (AvgIpc) is 3.67. The van der Waals surface area contributed by atoms with E-state index in [4.69, 9.17) is 9.47 Å². The molecule has 0 aliphatic carbocycles. The second-order valence-electron chi connectivity index (χ2n) is 11.3. The van der Waals surface area contributed by atoms with Gasteiger partial charge in [0.1, 0.15) is 11.0 Å². The molecule has 2 saturated heterocycles. The number of carbonyl (C=O) groups excluding carboxylic acids is 3. The van der Waals surface area contributed by atoms with Crippen molar-refractivity contribution >= 4 is 29.0 Å². The number of nitrogens with zero attached hydrogens (tertiary/aromatic N) is 1. The lowest BCUT2D eigenvalue weighted by Gasteiger charge is -2.43. The topological polar surface area (TPSA) is 97.0 Å². The van der Waals surface area contributed by atoms with Crippen molar-refractivity contribution in [2.24, 2.45) is 5.92 Å². The number of anilines is 2. The number of hydrogen-bond donors (Lipinski definition) is 2. The van der Waals surface area contributed by atoms with E-state index in [1.54, 1.807) is 25.3 Å². The van der Waals surface area contributed by atoms with Crippen LogP contribution in [0.5, 0.6) is 11.5 Å². The number of benzene rings is 3. The van der Waals surface area contributed by atoms with Crippen LogP contribution in [0.2, 0.25) is 0 Å². The third kappa shape index (κ3) is 2.77. The first-order valence-corrected chi connectivity index (χ1v) is 13.7. The number of fused-ring (bicyclic) bond motifs is 7. The number of carbonyl (C=O) groups is 3. The molecule has 8 nitrogen and oxygen atoms in total. The summed E-state index contributed by atoms with van der Waals surface area (Å²) in [5.74, 6) is -0.619. The van der Waals surface area contributed by atoms with E-state index < -0.39 is 16.9 Å². The lowest BCUT2D eigenvalue weighted by Crippen LogP contribution is -2.62. The van der Waals surface area contributed by atoms with Crippen molar-refractivity contribution in [3.8, 4) is 11.5 Å². The van der Waals surface area contributed by atoms with Gasteiger partial charge in [0.2, 0.25) is 5.91 Å². The van der Waals surface area contributed by atoms with Gasteiger partial charge in [0.05, 0.1) is 20.1 Å². The van der Waals surface area contributed by atoms with Crippen LogP contribution in [0.15, 0.2) is 54.6 Å². The van der Waals surface area contributed by atoms with Crippen molar-refractivity contribution in [1.29, 1.82) is 0 Å². The molecule has 2 fully saturated rings. The Hall–Kier alpha value is -4.17. The maximum Gasteiger partial charge on any atom is 0.251 e. The molecule has 4 heterocycles. The van der Waals surface area contributed by atoms with Crippen molar-refractivity contribution in [1.82, 2.24) is 4.90 Å². The summed E-state index contributed by atoms with van der Waals surface area (Å²) >= 11 is 0. The first-order valence-electron chi connectivity index (χ1n) is 13.7. The van der Waals surface area contributed by atoms with Gasteiger partial charge in [0, 0.05) is 28.5 Å². The molecule has 4 aliphatic rings. The largest absolute Gasteiger partial charge is 0.493 e. The summed E-state index contributed by atoms with van der Waals surface area (Å²) in [4.78, 5) is 46.2. The average molecular weight is 538 g/mol. The fourth-order valence-corrected chi connectivity index (χ4v) is 8.21. The first kappa shape index (κ1) is 24.8. The summed E-state index contributed by atoms with van der Waals surface area (Å²) in [7, 11) is 3.08. The van der Waals surface area contributed by atoms with E-state index in [1.807, 2.05) is 50.2 Å². The molecular formula is C32H31N3O5. The summed E-state index contributed by atoms with van der Waals surface area (Å²) in [6.07, 6.45) is 1.53. The van der Waals surface area contributed by atoms with Crippen molar-refractivity contribution < 1.29 is 23.9 Å². The lowest BCUT2D eigenvalue weighted by molar-refractivity contribution is -0.137. The molecule has 2 spiro atoms. The van der Waals surface area contributed by atoms with Crippen LogP contribution >= 0.6 is 0 Å². The third-order valence-corrected chi connectivity index (χ3v) is 9.50. The van der Waals surface area contributed by atoms with Crippen LogP contribution in [0, 0.1) is 19.8 Å². The number of para-hydroxylation sites is 1. The van der Waals surface area contributed by atoms with Gasteiger partial charge in [-0.05, 0) is 68.6 Å². The minimum absolute atomic E-state index is 0.188. The Morgan fingerprint density at radius 2 is 1.70 bits per heavy atom. The van der Waals surface area contributed by atoms with Gasteiger partial charge in [0.15, 0.2) is 17.3 Å². The highest BCUT2D eigenvalue weighted by Crippen LogP contribution is 2.68. The number of Topliss-reactive ketones (excluding diaryl/α,β-unsaturated/α-hetero) is 1. The molecule has 40 heavy (non-hydrogen) atoms. The maximum absolute atomic E-state index is 14.8. The molecule has 0 aromatic heterocycles. The quantitative estimate of drug-likeness (QED) is 0.481. The number of ether oxygens (including phenoxy) is 2. The van der Waals surface area contributed by atoms with Gasteiger partial charge in [-0.15, -0.1) is 0 Å². The molecule has 3 aromatic rings. The van der Waals surface area contributed by atoms with Crippen LogP contribution in [0.1, 0.15) is 45.5 Å². The summed E-state index contributed by atoms with van der Waals surface area (Å²) in [5.41, 5.74) is 2.34. The zero-order valence-electron chi connectivity index (χ0n) is 23.0. The van der Waals surface area contributed by atoms with Gasteiger partial charge in [-0.25, -0.2) is 0 Å². The molecule has 0 radical (unpaired) electrons. The number of hydrogen-bond acceptors (Lipinski definition) is 6. The number of ketones is 1. The highest BCUT2D eigenvalue weighted by atomic mass is 16.5. The number of rotatable bonds is 4. The fourth-order valence-electron chi connectivity index (χ4n) is 8.21. The minimum Gasteiger partial charge on any atom is -0.493 e. The monoisotopic (exact) mass is 537 g/mol. The predicted molar refractivity (Wildman–Crippen MR) is 150 cm³/mol. The number of nitrogens with one attached hydrogen (secondary N) is 2. The summed E-state index contributed by atoms with van der Waals surface area (Å²) in [6.45, 7) is 4.59. The Morgan fingerprint density at radius 1 is 0.925 bits per heavy atom. The first-order chi connectivity index (χ1) is 19.3. The summed E-state index contributed by atoms with van der Waals surface area (Å²) in [6, 6.07) is 16.4. The summed E-state index contributed by atoms with van der Waals surface area (Å²) in [5, 5.41) is 6.25. The Kier molecular flexibility index (Phi) is 5.23. The second-order valence-corrected chi connectivity index (χ2v) is 11.3. The van der Waals surface area contributed by atoms with Crippen molar-refractivity contribution in [3.05, 3.63) is 82.4 Å². The molecule has 2 amide bonds. The van der Waals surface area contributed by atoms with Crippen LogP contribution in [0.3, 0.4) is 0 Å². The van der Waals surface area contributed by atoms with Gasteiger partial charge >= 0.3 is 0 Å². The minimum atomic E-state index is -1.48. The van der Waals surface area contributed by atoms with Crippen LogP contribution in [-0.2, 0) is 20.5 Å². The SMILES string of the molecule is COc1ccc(C(=O)C2C3CCCN3C3(C(=O)Nc4c(C)cc(C)cc43)C23C(=O)Nc2ccccc23)cc1OC. The van der Waals surface area contributed by atoms with Crippen LogP contribution < -0.4 is 20.1 Å². The van der Waals surface area contributed by atoms with Gasteiger partial charge in [-0.2, -0.15) is 0 Å². The maximum atomic E-state index is 14.8. The standard InChI is InChI=1S/C32H31N3O5/c1-17-14-18(2)27-21(15-17)32(30(38)34-27)31(20-8-5-6-9-22(20)33-29(31)37)26(23-10-7-13-35(23)32)28(36)19-11-12-24(39-3)25(16-19)40-4/h5-6,8-9,11-12,14-16,23,26H,7,10,13H2,1-4H3,(H,33,37)(H,34,38). The predicted octanol–water partition coefficient (Wildman–Crippen LogP) is 4.34. The van der Waals surface area contributed by atoms with E-state index in [1.165, 1.54) is 7.11 Å². The molecule has 4 unspecified atom stereocenters. The van der Waals surface area contributed by atoms with Gasteiger partial charge in [-0.1, -0.05) is 35.9 Å². The highest BCUT2D eigenvalue weighted by Gasteiger charge is 2.81. The zero-order valence-corrected chi connectivity index (χ0v) is 23.0. The molecule has 0 saturated carbocycles. The lowest BCUT2D eigenvalue weighted by atomic mass is 9.57. The van der Waals surface area contributed by atoms with E-state index in [0.717, 1.165) is 28.8 Å². The Labute approximate surface area is 232 Å². The van der Waals surface area contributed by atoms with Crippen molar-refractivity contribution in [3.63, 3.8) is 0 Å². The molecule has 204 valence electrons. The Bertz CT molecular complexity index is 1630. The van der Waals surface area contributed by atoms with Gasteiger partial charge in [0.25, 0.3) is 5.91 Å². The van der Waals surface area contributed by atoms with E-state index in [2.05, 4.69) is 15.5 Å². The number of aryl methyl sites for hydroxylation is 2. The smallest absolute Gasteiger partial charge is 0.251 e. The van der Waals surface area contributed by atoms with Gasteiger partial charge < -0.3 is 20.1 Å². The third-order valence-electron chi connectivity index (χ3n) is 9.50. The van der Waals surface area contributed by atoms with Crippen LogP contribution in [-0.4, -0.2) is 49.3 Å². The molecule has 7 rings (SSSR count). The van der Waals surface area contributed by atoms with Crippen LogP contribution in [0.25, 0.3) is 0 Å². The number of amides is 2. The van der Waals surface area contributed by atoms with E-state index in [-0.39, 0.29) is 23.6 Å². The van der Waals surface area contributed by atoms with Crippen molar-refractivity contribution in [2.45, 2.75) is 43.7 Å². The molecule has 3 aromatic carbocycles. The van der Waals surface area contributed by atoms with E-state index in [0.29, 0.717) is 41.3 Å². The summed E-state index contributed by atoms with van der Waals surface area (Å²) < 4.78 is 10.9. The molecule has 0 bridgehead atoms. The number of methoxy groups -OCH3 is 2. The molecule has 8 heteroatoms. The van der Waals surface area contributed by atoms with Crippen molar-refractivity contribution in [2.75, 3.05) is 31.4 Å². The Balaban J connectivity index is 1.56.